The van der Waals surface area contributed by atoms with E-state index in [1.165, 1.54) is 11.0 Å². The van der Waals surface area contributed by atoms with E-state index in [1.807, 2.05) is 23.7 Å². The molecule has 3 aliphatic carbocycles. The van der Waals surface area contributed by atoms with Gasteiger partial charge in [0.1, 0.15) is 23.8 Å². The van der Waals surface area contributed by atoms with Gasteiger partial charge in [0.15, 0.2) is 0 Å². The first kappa shape index (κ1) is 29.3. The third-order valence-corrected chi connectivity index (χ3v) is 10.5. The lowest BCUT2D eigenvalue weighted by atomic mass is 9.58. The number of halogens is 3. The van der Waals surface area contributed by atoms with Crippen molar-refractivity contribution in [1.29, 1.82) is 0 Å². The Morgan fingerprint density at radius 1 is 1.07 bits per heavy atom. The van der Waals surface area contributed by atoms with E-state index in [1.54, 1.807) is 12.4 Å². The van der Waals surface area contributed by atoms with Crippen LogP contribution < -0.4 is 15.5 Å². The third-order valence-electron chi connectivity index (χ3n) is 10.5. The average molecular weight is 608 g/mol. The molecule has 0 bridgehead atoms. The fourth-order valence-corrected chi connectivity index (χ4v) is 7.89. The van der Waals surface area contributed by atoms with Crippen molar-refractivity contribution < 1.29 is 18.0 Å². The molecule has 3 aromatic rings. The van der Waals surface area contributed by atoms with Gasteiger partial charge in [0, 0.05) is 30.7 Å². The van der Waals surface area contributed by atoms with Crippen LogP contribution in [0.15, 0.2) is 30.6 Å². The van der Waals surface area contributed by atoms with Gasteiger partial charge in [-0.3, -0.25) is 9.69 Å². The second-order valence-electron chi connectivity index (χ2n) is 13.9. The van der Waals surface area contributed by atoms with Crippen LogP contribution >= 0.6 is 0 Å². The molecule has 1 aliphatic heterocycles. The molecular weight excluding hydrogens is 567 g/mol. The Labute approximate surface area is 255 Å². The molecular formula is C33H40F3N7O. The number of anilines is 2. The van der Waals surface area contributed by atoms with Crippen LogP contribution in [0.1, 0.15) is 110 Å². The number of carbonyl (C=O) groups is 1. The molecule has 4 aliphatic rings. The Morgan fingerprint density at radius 3 is 2.43 bits per heavy atom. The van der Waals surface area contributed by atoms with Crippen LogP contribution in [0.25, 0.3) is 0 Å². The normalized spacial score (nSPS) is 24.7. The molecule has 0 spiro atoms. The Kier molecular flexibility index (Phi) is 7.02. The van der Waals surface area contributed by atoms with E-state index in [4.69, 9.17) is 4.98 Å². The molecule has 8 nitrogen and oxygen atoms in total. The monoisotopic (exact) mass is 607 g/mol. The third kappa shape index (κ3) is 5.06. The topological polar surface area (TPSA) is 88.0 Å². The van der Waals surface area contributed by atoms with Crippen LogP contribution in [0.4, 0.5) is 24.8 Å². The molecule has 3 fully saturated rings. The van der Waals surface area contributed by atoms with Crippen molar-refractivity contribution in [3.8, 4) is 0 Å². The zero-order chi connectivity index (χ0) is 30.9. The number of pyridine rings is 1. The van der Waals surface area contributed by atoms with Crippen LogP contribution in [0.2, 0.25) is 0 Å². The van der Waals surface area contributed by atoms with Gasteiger partial charge in [0.2, 0.25) is 0 Å². The fraction of sp³-hybridized carbons (Fsp3) is 0.576. The highest BCUT2D eigenvalue weighted by Crippen LogP contribution is 2.52. The van der Waals surface area contributed by atoms with Crippen LogP contribution in [0.5, 0.6) is 0 Å². The highest BCUT2D eigenvalue weighted by atomic mass is 19.4. The van der Waals surface area contributed by atoms with Gasteiger partial charge >= 0.3 is 6.18 Å². The molecule has 2 aromatic heterocycles. The SMILES string of the molecule is Cn1cnnc1[C@]1(c2cc(NC3CCCC3)nc(N3Cc4c(cc(CNC5(C)CCC5)cc4C(F)(F)F)C3=O)c2)C[C@H](C)C1. The Balaban J connectivity index is 1.28. The van der Waals surface area contributed by atoms with E-state index in [0.717, 1.165) is 69.2 Å². The lowest BCUT2D eigenvalue weighted by Crippen LogP contribution is -2.47. The summed E-state index contributed by atoms with van der Waals surface area (Å²) in [7, 11) is 1.93. The van der Waals surface area contributed by atoms with E-state index in [0.29, 0.717) is 23.1 Å². The standard InChI is InChI=1S/C33H40F3N7O/c1-20-15-32(16-20,30-41-38-19-42(30)3)22-13-27(39-23-7-4-5-8-23)40-28(14-22)43-18-25-24(29(43)44)11-21(12-26(25)33(34,35)36)17-37-31(2)9-6-10-31/h11-14,19-20,23,37H,4-10,15-18H2,1-3H3,(H,39,40)/t20-,32+. The average Bonchev–Trinajstić information content (AvgIpc) is 3.69. The molecule has 11 heteroatoms. The number of hydrogen-bond donors (Lipinski definition) is 2. The number of alkyl halides is 3. The maximum atomic E-state index is 14.4. The summed E-state index contributed by atoms with van der Waals surface area (Å²) in [4.78, 5) is 20.3. The van der Waals surface area contributed by atoms with Crippen LogP contribution in [0, 0.1) is 5.92 Å². The second kappa shape index (κ2) is 10.6. The Morgan fingerprint density at radius 2 is 1.82 bits per heavy atom. The van der Waals surface area contributed by atoms with E-state index >= 15 is 0 Å². The summed E-state index contributed by atoms with van der Waals surface area (Å²) in [6.45, 7) is 4.39. The fourth-order valence-electron chi connectivity index (χ4n) is 7.89. The number of aromatic nitrogens is 4. The van der Waals surface area contributed by atoms with Gasteiger partial charge in [0.25, 0.3) is 5.91 Å². The summed E-state index contributed by atoms with van der Waals surface area (Å²) in [6, 6.07) is 7.05. The molecule has 0 atom stereocenters. The van der Waals surface area contributed by atoms with Crippen molar-refractivity contribution in [2.24, 2.45) is 13.0 Å². The van der Waals surface area contributed by atoms with Gasteiger partial charge < -0.3 is 15.2 Å². The number of benzene rings is 1. The second-order valence-corrected chi connectivity index (χ2v) is 13.9. The van der Waals surface area contributed by atoms with Crippen molar-refractivity contribution in [3.63, 3.8) is 0 Å². The molecule has 0 saturated heterocycles. The summed E-state index contributed by atoms with van der Waals surface area (Å²) in [6.07, 6.45) is 6.25. The van der Waals surface area contributed by atoms with Crippen molar-refractivity contribution in [2.75, 3.05) is 10.2 Å². The van der Waals surface area contributed by atoms with Gasteiger partial charge in [-0.25, -0.2) is 4.98 Å². The molecule has 3 saturated carbocycles. The molecule has 2 N–H and O–H groups in total. The molecule has 0 unspecified atom stereocenters. The number of fused-ring (bicyclic) bond motifs is 1. The number of carbonyl (C=O) groups excluding carboxylic acids is 1. The minimum absolute atomic E-state index is 0.0129. The van der Waals surface area contributed by atoms with Gasteiger partial charge in [-0.2, -0.15) is 13.2 Å². The summed E-state index contributed by atoms with van der Waals surface area (Å²) < 4.78 is 45.2. The quantitative estimate of drug-likeness (QED) is 0.304. The predicted octanol–water partition coefficient (Wildman–Crippen LogP) is 6.49. The van der Waals surface area contributed by atoms with Crippen molar-refractivity contribution in [2.45, 2.75) is 108 Å². The van der Waals surface area contributed by atoms with E-state index in [9.17, 15) is 18.0 Å². The highest BCUT2D eigenvalue weighted by molar-refractivity contribution is 6.10. The number of hydrogen-bond acceptors (Lipinski definition) is 6. The highest BCUT2D eigenvalue weighted by Gasteiger charge is 2.49. The zero-order valence-corrected chi connectivity index (χ0v) is 25.6. The van der Waals surface area contributed by atoms with Crippen LogP contribution in [-0.4, -0.2) is 37.2 Å². The summed E-state index contributed by atoms with van der Waals surface area (Å²) in [5.41, 5.74) is 0.304. The maximum Gasteiger partial charge on any atom is 0.416 e. The zero-order valence-electron chi connectivity index (χ0n) is 25.6. The van der Waals surface area contributed by atoms with Gasteiger partial charge in [0.05, 0.1) is 17.5 Å². The van der Waals surface area contributed by atoms with Crippen molar-refractivity contribution >= 4 is 17.5 Å². The smallest absolute Gasteiger partial charge is 0.367 e. The minimum Gasteiger partial charge on any atom is -0.367 e. The van der Waals surface area contributed by atoms with Crippen LogP contribution in [0.3, 0.4) is 0 Å². The molecule has 1 aromatic carbocycles. The van der Waals surface area contributed by atoms with E-state index in [2.05, 4.69) is 34.7 Å². The summed E-state index contributed by atoms with van der Waals surface area (Å²) in [5.74, 6) is 1.86. The number of amides is 1. The summed E-state index contributed by atoms with van der Waals surface area (Å²) in [5, 5.41) is 15.6. The Bertz CT molecular complexity index is 1580. The molecule has 1 amide bonds. The molecule has 7 rings (SSSR count). The van der Waals surface area contributed by atoms with E-state index < -0.39 is 23.1 Å². The molecule has 3 heterocycles. The largest absolute Gasteiger partial charge is 0.416 e. The first-order valence-electron chi connectivity index (χ1n) is 15.9. The molecule has 0 radical (unpaired) electrons. The van der Waals surface area contributed by atoms with Crippen LogP contribution in [-0.2, 0) is 31.7 Å². The number of rotatable bonds is 8. The lowest BCUT2D eigenvalue weighted by Gasteiger charge is -2.46. The van der Waals surface area contributed by atoms with Gasteiger partial charge in [-0.1, -0.05) is 19.8 Å². The molecule has 44 heavy (non-hydrogen) atoms. The lowest BCUT2D eigenvalue weighted by molar-refractivity contribution is -0.138. The summed E-state index contributed by atoms with van der Waals surface area (Å²) >= 11 is 0. The van der Waals surface area contributed by atoms with Gasteiger partial charge in [-0.05, 0) is 98.7 Å². The Hall–Kier alpha value is -3.47. The number of nitrogens with zero attached hydrogens (tertiary/aromatic N) is 5. The van der Waals surface area contributed by atoms with Crippen molar-refractivity contribution in [1.82, 2.24) is 25.1 Å². The minimum atomic E-state index is -4.58. The van der Waals surface area contributed by atoms with Gasteiger partial charge in [-0.15, -0.1) is 10.2 Å². The first-order chi connectivity index (χ1) is 20.9. The maximum absolute atomic E-state index is 14.4. The predicted molar refractivity (Wildman–Crippen MR) is 161 cm³/mol. The van der Waals surface area contributed by atoms with E-state index in [-0.39, 0.29) is 35.8 Å². The number of aryl methyl sites for hydroxylation is 1. The number of nitrogens with one attached hydrogen (secondary N) is 2. The first-order valence-corrected chi connectivity index (χ1v) is 15.9. The van der Waals surface area contributed by atoms with Crippen molar-refractivity contribution in [3.05, 3.63) is 64.2 Å². The molecule has 234 valence electrons.